The second-order valence-electron chi connectivity index (χ2n) is 8.67. The van der Waals surface area contributed by atoms with E-state index in [2.05, 4.69) is 0 Å². The van der Waals surface area contributed by atoms with Crippen molar-refractivity contribution in [2.75, 3.05) is 6.61 Å². The first-order valence-electron chi connectivity index (χ1n) is 9.39. The summed E-state index contributed by atoms with van der Waals surface area (Å²) in [5.74, 6) is 3.34. The Morgan fingerprint density at radius 2 is 1.48 bits per heavy atom. The van der Waals surface area contributed by atoms with Crippen molar-refractivity contribution in [1.29, 1.82) is 0 Å². The van der Waals surface area contributed by atoms with E-state index in [4.69, 9.17) is 4.74 Å². The van der Waals surface area contributed by atoms with Crippen LogP contribution >= 0.6 is 0 Å². The van der Waals surface area contributed by atoms with Crippen LogP contribution in [0.15, 0.2) is 0 Å². The first-order valence-corrected chi connectivity index (χ1v) is 9.39. The molecule has 0 saturated heterocycles. The zero-order chi connectivity index (χ0) is 14.3. The molecular weight excluding hydrogens is 260 g/mol. The average Bonchev–Trinajstić information content (AvgIpc) is 2.46. The van der Waals surface area contributed by atoms with Crippen molar-refractivity contribution < 1.29 is 9.53 Å². The van der Waals surface area contributed by atoms with Gasteiger partial charge in [0, 0.05) is 0 Å². The van der Waals surface area contributed by atoms with Crippen LogP contribution in [0, 0.1) is 29.1 Å². The Hall–Kier alpha value is -0.530. The minimum Gasteiger partial charge on any atom is -0.465 e. The van der Waals surface area contributed by atoms with Crippen molar-refractivity contribution in [3.8, 4) is 0 Å². The van der Waals surface area contributed by atoms with Crippen molar-refractivity contribution in [1.82, 2.24) is 0 Å². The molecule has 0 atom stereocenters. The highest BCUT2D eigenvalue weighted by Gasteiger charge is 2.50. The van der Waals surface area contributed by atoms with Crippen LogP contribution in [0.1, 0.15) is 77.0 Å². The van der Waals surface area contributed by atoms with E-state index in [0.29, 0.717) is 12.0 Å². The largest absolute Gasteiger partial charge is 0.465 e. The number of hydrogen-bond donors (Lipinski definition) is 0. The maximum atomic E-state index is 12.2. The van der Waals surface area contributed by atoms with Crippen LogP contribution in [0.3, 0.4) is 0 Å². The summed E-state index contributed by atoms with van der Waals surface area (Å²) in [4.78, 5) is 12.2. The Morgan fingerprint density at radius 3 is 2.05 bits per heavy atom. The Morgan fingerprint density at radius 1 is 0.905 bits per heavy atom. The predicted octanol–water partition coefficient (Wildman–Crippen LogP) is 4.72. The van der Waals surface area contributed by atoms with Crippen molar-refractivity contribution in [2.24, 2.45) is 29.1 Å². The SMILES string of the molecule is O=C(OCCC12CC3CC(CC(C3)C1)C2)C1CCCCC1. The molecule has 0 spiro atoms. The summed E-state index contributed by atoms with van der Waals surface area (Å²) >= 11 is 0. The second kappa shape index (κ2) is 5.59. The fourth-order valence-electron chi connectivity index (χ4n) is 6.42. The molecule has 2 heteroatoms. The quantitative estimate of drug-likeness (QED) is 0.700. The molecule has 0 N–H and O–H groups in total. The van der Waals surface area contributed by atoms with Gasteiger partial charge in [-0.1, -0.05) is 19.3 Å². The molecule has 5 aliphatic rings. The Bertz CT molecular complexity index is 359. The molecule has 0 heterocycles. The highest BCUT2D eigenvalue weighted by atomic mass is 16.5. The van der Waals surface area contributed by atoms with Crippen LogP contribution in [0.25, 0.3) is 0 Å². The third-order valence-corrected chi connectivity index (χ3v) is 6.98. The monoisotopic (exact) mass is 290 g/mol. The minimum atomic E-state index is 0.111. The highest BCUT2D eigenvalue weighted by Crippen LogP contribution is 2.61. The average molecular weight is 290 g/mol. The van der Waals surface area contributed by atoms with Gasteiger partial charge in [0.05, 0.1) is 12.5 Å². The summed E-state index contributed by atoms with van der Waals surface area (Å²) in [6.07, 6.45) is 15.8. The third kappa shape index (κ3) is 2.87. The lowest BCUT2D eigenvalue weighted by Crippen LogP contribution is -2.46. The summed E-state index contributed by atoms with van der Waals surface area (Å²) < 4.78 is 5.68. The Kier molecular flexibility index (Phi) is 3.75. The van der Waals surface area contributed by atoms with Gasteiger partial charge in [0.25, 0.3) is 0 Å². The van der Waals surface area contributed by atoms with Crippen LogP contribution in [0.5, 0.6) is 0 Å². The van der Waals surface area contributed by atoms with E-state index in [1.807, 2.05) is 0 Å². The molecule has 0 radical (unpaired) electrons. The van der Waals surface area contributed by atoms with E-state index in [1.165, 1.54) is 57.8 Å². The van der Waals surface area contributed by atoms with Gasteiger partial charge in [0.15, 0.2) is 0 Å². The molecule has 5 saturated carbocycles. The number of hydrogen-bond acceptors (Lipinski definition) is 2. The number of ether oxygens (including phenoxy) is 1. The normalized spacial score (nSPS) is 42.2. The summed E-state index contributed by atoms with van der Waals surface area (Å²) in [5, 5.41) is 0. The third-order valence-electron chi connectivity index (χ3n) is 6.98. The fraction of sp³-hybridized carbons (Fsp3) is 0.947. The van der Waals surface area contributed by atoms with Gasteiger partial charge in [-0.3, -0.25) is 4.79 Å². The molecule has 0 aromatic carbocycles. The first kappa shape index (κ1) is 14.1. The molecule has 0 aromatic rings. The van der Waals surface area contributed by atoms with Crippen LogP contribution in [0.2, 0.25) is 0 Å². The summed E-state index contributed by atoms with van der Waals surface area (Å²) in [5.41, 5.74) is 0.557. The predicted molar refractivity (Wildman–Crippen MR) is 82.8 cm³/mol. The molecule has 0 aliphatic heterocycles. The van der Waals surface area contributed by atoms with E-state index in [-0.39, 0.29) is 11.9 Å². The van der Waals surface area contributed by atoms with E-state index in [9.17, 15) is 4.79 Å². The van der Waals surface area contributed by atoms with E-state index < -0.39 is 0 Å². The summed E-state index contributed by atoms with van der Waals surface area (Å²) in [6.45, 7) is 0.696. The highest BCUT2D eigenvalue weighted by molar-refractivity contribution is 5.72. The van der Waals surface area contributed by atoms with Crippen LogP contribution in [0.4, 0.5) is 0 Å². The Labute approximate surface area is 129 Å². The van der Waals surface area contributed by atoms with Crippen molar-refractivity contribution in [3.63, 3.8) is 0 Å². The maximum absolute atomic E-state index is 12.2. The molecule has 118 valence electrons. The smallest absolute Gasteiger partial charge is 0.308 e. The second-order valence-corrected chi connectivity index (χ2v) is 8.67. The number of carbonyl (C=O) groups excluding carboxylic acids is 1. The molecule has 5 rings (SSSR count). The van der Waals surface area contributed by atoms with Gasteiger partial charge >= 0.3 is 5.97 Å². The van der Waals surface area contributed by atoms with Gasteiger partial charge in [0.2, 0.25) is 0 Å². The molecule has 5 fully saturated rings. The van der Waals surface area contributed by atoms with Gasteiger partial charge in [-0.2, -0.15) is 0 Å². The van der Waals surface area contributed by atoms with E-state index >= 15 is 0 Å². The lowest BCUT2D eigenvalue weighted by Gasteiger charge is -2.57. The van der Waals surface area contributed by atoms with E-state index in [0.717, 1.165) is 37.0 Å². The van der Waals surface area contributed by atoms with Crippen LogP contribution < -0.4 is 0 Å². The van der Waals surface area contributed by atoms with Gasteiger partial charge in [0.1, 0.15) is 0 Å². The summed E-state index contributed by atoms with van der Waals surface area (Å²) in [7, 11) is 0. The maximum Gasteiger partial charge on any atom is 0.308 e. The van der Waals surface area contributed by atoms with Gasteiger partial charge in [-0.15, -0.1) is 0 Å². The molecule has 4 bridgehead atoms. The number of esters is 1. The van der Waals surface area contributed by atoms with Crippen LogP contribution in [-0.2, 0) is 9.53 Å². The zero-order valence-corrected chi connectivity index (χ0v) is 13.3. The van der Waals surface area contributed by atoms with Crippen molar-refractivity contribution in [3.05, 3.63) is 0 Å². The molecule has 0 amide bonds. The van der Waals surface area contributed by atoms with Crippen LogP contribution in [-0.4, -0.2) is 12.6 Å². The number of carbonyl (C=O) groups is 1. The molecule has 21 heavy (non-hydrogen) atoms. The van der Waals surface area contributed by atoms with Gasteiger partial charge < -0.3 is 4.74 Å². The fourth-order valence-corrected chi connectivity index (χ4v) is 6.42. The lowest BCUT2D eigenvalue weighted by molar-refractivity contribution is -0.152. The lowest BCUT2D eigenvalue weighted by atomic mass is 9.49. The van der Waals surface area contributed by atoms with Gasteiger partial charge in [-0.25, -0.2) is 0 Å². The molecule has 0 aromatic heterocycles. The molecule has 5 aliphatic carbocycles. The van der Waals surface area contributed by atoms with Crippen molar-refractivity contribution >= 4 is 5.97 Å². The zero-order valence-electron chi connectivity index (χ0n) is 13.3. The minimum absolute atomic E-state index is 0.111. The molecule has 2 nitrogen and oxygen atoms in total. The standard InChI is InChI=1S/C19H30O2/c20-18(17-4-2-1-3-5-17)21-7-6-19-11-14-8-15(12-19)10-16(9-14)13-19/h14-17H,1-13H2. The van der Waals surface area contributed by atoms with Crippen molar-refractivity contribution in [2.45, 2.75) is 77.0 Å². The summed E-state index contributed by atoms with van der Waals surface area (Å²) in [6, 6.07) is 0. The topological polar surface area (TPSA) is 26.3 Å². The molecule has 0 unspecified atom stereocenters. The first-order chi connectivity index (χ1) is 10.2. The number of rotatable bonds is 4. The Balaban J connectivity index is 1.28. The van der Waals surface area contributed by atoms with E-state index in [1.54, 1.807) is 0 Å². The molecular formula is C19H30O2. The van der Waals surface area contributed by atoms with Gasteiger partial charge in [-0.05, 0) is 81.0 Å².